The van der Waals surface area contributed by atoms with E-state index in [1.165, 1.54) is 6.07 Å². The van der Waals surface area contributed by atoms with Gasteiger partial charge in [0.05, 0.1) is 5.56 Å². The SMILES string of the molecule is CCC(CCO)CNCc1ccc(F)c(C(F)(F)F)c1. The van der Waals surface area contributed by atoms with Gasteiger partial charge in [0.2, 0.25) is 0 Å². The Kier molecular flexibility index (Phi) is 6.42. The van der Waals surface area contributed by atoms with Gasteiger partial charge in [-0.05, 0) is 36.6 Å². The lowest BCUT2D eigenvalue weighted by Gasteiger charge is -2.15. The molecule has 6 heteroatoms. The van der Waals surface area contributed by atoms with E-state index in [0.29, 0.717) is 18.5 Å². The third kappa shape index (κ3) is 5.09. The minimum Gasteiger partial charge on any atom is -0.396 e. The third-order valence-electron chi connectivity index (χ3n) is 3.21. The van der Waals surface area contributed by atoms with Crippen molar-refractivity contribution in [1.82, 2.24) is 5.32 Å². The summed E-state index contributed by atoms with van der Waals surface area (Å²) in [5.41, 5.74) is -0.850. The van der Waals surface area contributed by atoms with Crippen LogP contribution in [0, 0.1) is 11.7 Å². The molecule has 0 bridgehead atoms. The molecule has 1 unspecified atom stereocenters. The zero-order chi connectivity index (χ0) is 15.2. The van der Waals surface area contributed by atoms with E-state index in [1.54, 1.807) is 0 Å². The molecule has 1 rings (SSSR count). The summed E-state index contributed by atoms with van der Waals surface area (Å²) in [6, 6.07) is 3.00. The Hall–Kier alpha value is -1.14. The number of benzene rings is 1. The first-order chi connectivity index (χ1) is 9.38. The van der Waals surface area contributed by atoms with Gasteiger partial charge in [-0.15, -0.1) is 0 Å². The molecule has 2 nitrogen and oxygen atoms in total. The predicted octanol–water partition coefficient (Wildman–Crippen LogP) is 3.34. The standard InChI is InChI=1S/C14H19F4NO/c1-2-10(5-6-20)8-19-9-11-3-4-13(15)12(7-11)14(16,17)18/h3-4,7,10,19-20H,2,5-6,8-9H2,1H3. The number of aliphatic hydroxyl groups excluding tert-OH is 1. The third-order valence-corrected chi connectivity index (χ3v) is 3.21. The lowest BCUT2D eigenvalue weighted by Crippen LogP contribution is -2.23. The normalized spacial score (nSPS) is 13.5. The molecule has 1 aromatic carbocycles. The molecule has 20 heavy (non-hydrogen) atoms. The van der Waals surface area contributed by atoms with E-state index in [1.807, 2.05) is 6.92 Å². The molecule has 114 valence electrons. The van der Waals surface area contributed by atoms with Gasteiger partial charge >= 0.3 is 6.18 Å². The number of hydrogen-bond donors (Lipinski definition) is 2. The van der Waals surface area contributed by atoms with Crippen LogP contribution in [0.25, 0.3) is 0 Å². The Morgan fingerprint density at radius 3 is 2.55 bits per heavy atom. The molecule has 1 aromatic rings. The van der Waals surface area contributed by atoms with Crippen LogP contribution >= 0.6 is 0 Å². The molecule has 0 saturated carbocycles. The second kappa shape index (κ2) is 7.59. The van der Waals surface area contributed by atoms with E-state index >= 15 is 0 Å². The van der Waals surface area contributed by atoms with Gasteiger partial charge in [-0.25, -0.2) is 4.39 Å². The topological polar surface area (TPSA) is 32.3 Å². The highest BCUT2D eigenvalue weighted by molar-refractivity contribution is 5.27. The molecule has 2 N–H and O–H groups in total. The fraction of sp³-hybridized carbons (Fsp3) is 0.571. The van der Waals surface area contributed by atoms with Gasteiger partial charge in [-0.3, -0.25) is 0 Å². The number of halogens is 4. The molecule has 0 aliphatic heterocycles. The molecule has 0 aliphatic carbocycles. The van der Waals surface area contributed by atoms with E-state index < -0.39 is 17.6 Å². The van der Waals surface area contributed by atoms with Crippen molar-refractivity contribution in [2.45, 2.75) is 32.5 Å². The van der Waals surface area contributed by atoms with Gasteiger partial charge in [0, 0.05) is 13.2 Å². The molecule has 0 amide bonds. The number of nitrogens with one attached hydrogen (secondary N) is 1. The second-order valence-electron chi connectivity index (χ2n) is 4.73. The summed E-state index contributed by atoms with van der Waals surface area (Å²) in [5, 5.41) is 11.9. The van der Waals surface area contributed by atoms with E-state index in [2.05, 4.69) is 5.32 Å². The summed E-state index contributed by atoms with van der Waals surface area (Å²) in [7, 11) is 0. The average Bonchev–Trinajstić information content (AvgIpc) is 2.38. The fourth-order valence-electron chi connectivity index (χ4n) is 1.95. The van der Waals surface area contributed by atoms with E-state index in [0.717, 1.165) is 18.6 Å². The first-order valence-electron chi connectivity index (χ1n) is 6.55. The highest BCUT2D eigenvalue weighted by Crippen LogP contribution is 2.31. The summed E-state index contributed by atoms with van der Waals surface area (Å²) < 4.78 is 50.7. The van der Waals surface area contributed by atoms with Crippen molar-refractivity contribution in [3.05, 3.63) is 35.1 Å². The van der Waals surface area contributed by atoms with Gasteiger partial charge in [0.25, 0.3) is 0 Å². The van der Waals surface area contributed by atoms with Crippen molar-refractivity contribution < 1.29 is 22.7 Å². The highest BCUT2D eigenvalue weighted by atomic mass is 19.4. The first kappa shape index (κ1) is 16.9. The molecule has 1 atom stereocenters. The van der Waals surface area contributed by atoms with E-state index in [9.17, 15) is 17.6 Å². The van der Waals surface area contributed by atoms with Crippen LogP contribution in [-0.2, 0) is 12.7 Å². The number of hydrogen-bond acceptors (Lipinski definition) is 2. The van der Waals surface area contributed by atoms with E-state index in [4.69, 9.17) is 5.11 Å². The Bertz CT molecular complexity index is 420. The summed E-state index contributed by atoms with van der Waals surface area (Å²) in [5.74, 6) is -0.976. The first-order valence-corrected chi connectivity index (χ1v) is 6.55. The maximum absolute atomic E-state index is 13.1. The van der Waals surface area contributed by atoms with Gasteiger partial charge in [-0.1, -0.05) is 19.4 Å². The average molecular weight is 293 g/mol. The van der Waals surface area contributed by atoms with Crippen LogP contribution in [-0.4, -0.2) is 18.3 Å². The predicted molar refractivity (Wildman–Crippen MR) is 68.6 cm³/mol. The smallest absolute Gasteiger partial charge is 0.396 e. The lowest BCUT2D eigenvalue weighted by atomic mass is 10.0. The van der Waals surface area contributed by atoms with Crippen LogP contribution in [0.15, 0.2) is 18.2 Å². The molecule has 0 fully saturated rings. The maximum atomic E-state index is 13.1. The van der Waals surface area contributed by atoms with Crippen molar-refractivity contribution in [3.8, 4) is 0 Å². The van der Waals surface area contributed by atoms with Crippen molar-refractivity contribution in [2.75, 3.05) is 13.2 Å². The Labute approximate surface area is 115 Å². The molecule has 0 aliphatic rings. The Morgan fingerprint density at radius 2 is 2.00 bits per heavy atom. The number of aliphatic hydroxyl groups is 1. The van der Waals surface area contributed by atoms with Crippen molar-refractivity contribution in [1.29, 1.82) is 0 Å². The van der Waals surface area contributed by atoms with Gasteiger partial charge in [0.15, 0.2) is 0 Å². The highest BCUT2D eigenvalue weighted by Gasteiger charge is 2.34. The van der Waals surface area contributed by atoms with Crippen molar-refractivity contribution in [3.63, 3.8) is 0 Å². The van der Waals surface area contributed by atoms with Crippen LogP contribution < -0.4 is 5.32 Å². The zero-order valence-electron chi connectivity index (χ0n) is 11.3. The van der Waals surface area contributed by atoms with Gasteiger partial charge < -0.3 is 10.4 Å². The Morgan fingerprint density at radius 1 is 1.30 bits per heavy atom. The summed E-state index contributed by atoms with van der Waals surface area (Å²) in [6.07, 6.45) is -3.14. The Balaban J connectivity index is 2.61. The van der Waals surface area contributed by atoms with Crippen LogP contribution in [0.3, 0.4) is 0 Å². The zero-order valence-corrected chi connectivity index (χ0v) is 11.3. The molecular formula is C14H19F4NO. The molecule has 0 heterocycles. The largest absolute Gasteiger partial charge is 0.419 e. The second-order valence-corrected chi connectivity index (χ2v) is 4.73. The number of rotatable bonds is 7. The quantitative estimate of drug-likeness (QED) is 0.756. The monoisotopic (exact) mass is 293 g/mol. The van der Waals surface area contributed by atoms with Gasteiger partial charge in [-0.2, -0.15) is 13.2 Å². The summed E-state index contributed by atoms with van der Waals surface area (Å²) >= 11 is 0. The summed E-state index contributed by atoms with van der Waals surface area (Å²) in [6.45, 7) is 2.93. The number of alkyl halides is 3. The van der Waals surface area contributed by atoms with Gasteiger partial charge in [0.1, 0.15) is 5.82 Å². The molecule has 0 aromatic heterocycles. The van der Waals surface area contributed by atoms with Crippen molar-refractivity contribution in [2.24, 2.45) is 5.92 Å². The van der Waals surface area contributed by atoms with Crippen LogP contribution in [0.2, 0.25) is 0 Å². The van der Waals surface area contributed by atoms with Crippen LogP contribution in [0.5, 0.6) is 0 Å². The minimum absolute atomic E-state index is 0.0922. The van der Waals surface area contributed by atoms with E-state index in [-0.39, 0.29) is 19.1 Å². The fourth-order valence-corrected chi connectivity index (χ4v) is 1.95. The summed E-state index contributed by atoms with van der Waals surface area (Å²) in [4.78, 5) is 0. The molecule has 0 saturated heterocycles. The minimum atomic E-state index is -4.68. The lowest BCUT2D eigenvalue weighted by molar-refractivity contribution is -0.140. The van der Waals surface area contributed by atoms with Crippen molar-refractivity contribution >= 4 is 0 Å². The molecule has 0 radical (unpaired) electrons. The molecular weight excluding hydrogens is 274 g/mol. The van der Waals surface area contributed by atoms with Crippen LogP contribution in [0.1, 0.15) is 30.9 Å². The van der Waals surface area contributed by atoms with Crippen LogP contribution in [0.4, 0.5) is 17.6 Å². The maximum Gasteiger partial charge on any atom is 0.419 e. The molecule has 0 spiro atoms.